The molecule has 2 aliphatic heterocycles. The molecule has 0 aromatic carbocycles. The molecule has 3 rings (SSSR count). The van der Waals surface area contributed by atoms with Crippen LogP contribution in [-0.2, 0) is 23.1 Å². The van der Waals surface area contributed by atoms with Gasteiger partial charge in [0, 0.05) is 50.5 Å². The van der Waals surface area contributed by atoms with Crippen molar-refractivity contribution in [2.24, 2.45) is 12.5 Å². The van der Waals surface area contributed by atoms with Crippen LogP contribution >= 0.6 is 0 Å². The Morgan fingerprint density at radius 1 is 1.59 bits per heavy atom. The molecule has 22 heavy (non-hydrogen) atoms. The van der Waals surface area contributed by atoms with E-state index in [1.165, 1.54) is 12.0 Å². The first-order valence-corrected chi connectivity index (χ1v) is 8.22. The summed E-state index contributed by atoms with van der Waals surface area (Å²) in [6, 6.07) is 0. The zero-order valence-electron chi connectivity index (χ0n) is 13.5. The molecule has 0 aliphatic carbocycles. The standard InChI is InChI=1S/C17H27N3O2/c1-3-8-21-14-17-6-4-9-22-16(17)5-7-20(13-17)12-15-10-18-19(2)11-15/h3,10-11,16H,1,4-9,12-14H2,2H3/t16-,17+/m1/s1. The Morgan fingerprint density at radius 2 is 2.50 bits per heavy atom. The zero-order chi connectivity index (χ0) is 15.4. The number of hydrogen-bond donors (Lipinski definition) is 0. The van der Waals surface area contributed by atoms with Crippen molar-refractivity contribution < 1.29 is 9.47 Å². The summed E-state index contributed by atoms with van der Waals surface area (Å²) >= 11 is 0. The second-order valence-corrected chi connectivity index (χ2v) is 6.65. The summed E-state index contributed by atoms with van der Waals surface area (Å²) in [5.41, 5.74) is 1.42. The van der Waals surface area contributed by atoms with E-state index in [0.717, 1.165) is 45.7 Å². The highest BCUT2D eigenvalue weighted by atomic mass is 16.5. The van der Waals surface area contributed by atoms with Gasteiger partial charge in [-0.3, -0.25) is 9.58 Å². The van der Waals surface area contributed by atoms with Crippen LogP contribution in [-0.4, -0.2) is 53.7 Å². The monoisotopic (exact) mass is 305 g/mol. The molecule has 0 amide bonds. The second-order valence-electron chi connectivity index (χ2n) is 6.65. The van der Waals surface area contributed by atoms with Crippen molar-refractivity contribution in [3.8, 4) is 0 Å². The predicted molar refractivity (Wildman–Crippen MR) is 85.5 cm³/mol. The molecule has 2 atom stereocenters. The van der Waals surface area contributed by atoms with E-state index in [1.807, 2.05) is 24.0 Å². The molecule has 0 radical (unpaired) electrons. The lowest BCUT2D eigenvalue weighted by Gasteiger charge is -2.50. The van der Waals surface area contributed by atoms with E-state index < -0.39 is 0 Å². The van der Waals surface area contributed by atoms with Crippen LogP contribution in [0.1, 0.15) is 24.8 Å². The number of fused-ring (bicyclic) bond motifs is 1. The van der Waals surface area contributed by atoms with Crippen molar-refractivity contribution in [3.63, 3.8) is 0 Å². The first kappa shape index (κ1) is 15.7. The van der Waals surface area contributed by atoms with E-state index in [0.29, 0.717) is 12.7 Å². The van der Waals surface area contributed by atoms with Crippen LogP contribution in [0, 0.1) is 5.41 Å². The van der Waals surface area contributed by atoms with Crippen LogP contribution in [0.2, 0.25) is 0 Å². The van der Waals surface area contributed by atoms with Crippen LogP contribution in [0.5, 0.6) is 0 Å². The molecular formula is C17H27N3O2. The molecule has 1 aromatic heterocycles. The number of hydrogen-bond acceptors (Lipinski definition) is 4. The zero-order valence-corrected chi connectivity index (χ0v) is 13.5. The van der Waals surface area contributed by atoms with Crippen LogP contribution in [0.4, 0.5) is 0 Å². The smallest absolute Gasteiger partial charge is 0.0677 e. The molecule has 0 bridgehead atoms. The van der Waals surface area contributed by atoms with E-state index in [-0.39, 0.29) is 5.41 Å². The van der Waals surface area contributed by atoms with Crippen molar-refractivity contribution in [1.82, 2.24) is 14.7 Å². The highest BCUT2D eigenvalue weighted by molar-refractivity contribution is 5.05. The quantitative estimate of drug-likeness (QED) is 0.595. The highest BCUT2D eigenvalue weighted by Crippen LogP contribution is 2.40. The maximum absolute atomic E-state index is 6.07. The lowest BCUT2D eigenvalue weighted by molar-refractivity contribution is -0.152. The molecule has 1 aromatic rings. The van der Waals surface area contributed by atoms with E-state index in [1.54, 1.807) is 0 Å². The largest absolute Gasteiger partial charge is 0.377 e. The number of rotatable bonds is 6. The van der Waals surface area contributed by atoms with Gasteiger partial charge in [-0.05, 0) is 19.3 Å². The summed E-state index contributed by atoms with van der Waals surface area (Å²) in [6.45, 7) is 9.13. The van der Waals surface area contributed by atoms with Gasteiger partial charge in [-0.25, -0.2) is 0 Å². The van der Waals surface area contributed by atoms with Crippen molar-refractivity contribution in [2.45, 2.75) is 31.9 Å². The van der Waals surface area contributed by atoms with E-state index >= 15 is 0 Å². The number of piperidine rings is 1. The summed E-state index contributed by atoms with van der Waals surface area (Å²) in [5, 5.41) is 4.27. The van der Waals surface area contributed by atoms with Crippen molar-refractivity contribution >= 4 is 0 Å². The lowest BCUT2D eigenvalue weighted by atomic mass is 9.73. The fraction of sp³-hybridized carbons (Fsp3) is 0.706. The Kier molecular flexibility index (Phi) is 4.96. The van der Waals surface area contributed by atoms with Gasteiger partial charge in [0.05, 0.1) is 25.5 Å². The van der Waals surface area contributed by atoms with Gasteiger partial charge < -0.3 is 9.47 Å². The van der Waals surface area contributed by atoms with Gasteiger partial charge in [-0.15, -0.1) is 6.58 Å². The minimum absolute atomic E-state index is 0.141. The number of aryl methyl sites for hydroxylation is 1. The molecule has 2 fully saturated rings. The topological polar surface area (TPSA) is 39.5 Å². The molecule has 0 saturated carbocycles. The number of aromatic nitrogens is 2. The van der Waals surface area contributed by atoms with E-state index in [4.69, 9.17) is 9.47 Å². The molecule has 5 heteroatoms. The normalized spacial score (nSPS) is 29.2. The van der Waals surface area contributed by atoms with Gasteiger partial charge in [-0.1, -0.05) is 6.08 Å². The van der Waals surface area contributed by atoms with Crippen LogP contribution in [0.15, 0.2) is 25.0 Å². The Morgan fingerprint density at radius 3 is 3.27 bits per heavy atom. The Labute approximate surface area is 132 Å². The molecule has 2 aliphatic rings. The molecule has 2 saturated heterocycles. The van der Waals surface area contributed by atoms with Gasteiger partial charge >= 0.3 is 0 Å². The van der Waals surface area contributed by atoms with Crippen molar-refractivity contribution in [2.75, 3.05) is 32.9 Å². The highest BCUT2D eigenvalue weighted by Gasteiger charge is 2.46. The van der Waals surface area contributed by atoms with Gasteiger partial charge in [0.1, 0.15) is 0 Å². The maximum Gasteiger partial charge on any atom is 0.0677 e. The average Bonchev–Trinajstić information content (AvgIpc) is 2.92. The number of ether oxygens (including phenoxy) is 2. The van der Waals surface area contributed by atoms with E-state index in [2.05, 4.69) is 22.8 Å². The first-order valence-electron chi connectivity index (χ1n) is 8.22. The number of nitrogens with zero attached hydrogens (tertiary/aromatic N) is 3. The Balaban J connectivity index is 1.66. The lowest BCUT2D eigenvalue weighted by Crippen LogP contribution is -2.56. The summed E-state index contributed by atoms with van der Waals surface area (Å²) in [7, 11) is 1.97. The average molecular weight is 305 g/mol. The summed E-state index contributed by atoms with van der Waals surface area (Å²) in [6.07, 6.45) is 9.65. The van der Waals surface area contributed by atoms with Crippen LogP contribution in [0.3, 0.4) is 0 Å². The van der Waals surface area contributed by atoms with Crippen LogP contribution in [0.25, 0.3) is 0 Å². The molecule has 5 nitrogen and oxygen atoms in total. The molecule has 3 heterocycles. The minimum Gasteiger partial charge on any atom is -0.377 e. The SMILES string of the molecule is C=CCOC[C@@]12CCCO[C@@H]1CCN(Cc1cnn(C)c1)C2. The molecule has 0 unspecified atom stereocenters. The third-order valence-corrected chi connectivity index (χ3v) is 4.86. The van der Waals surface area contributed by atoms with Gasteiger partial charge in [-0.2, -0.15) is 5.10 Å². The number of likely N-dealkylation sites (tertiary alicyclic amines) is 1. The van der Waals surface area contributed by atoms with Gasteiger partial charge in [0.2, 0.25) is 0 Å². The predicted octanol–water partition coefficient (Wildman–Crippen LogP) is 1.99. The fourth-order valence-electron chi connectivity index (χ4n) is 3.89. The summed E-state index contributed by atoms with van der Waals surface area (Å²) in [4.78, 5) is 2.53. The van der Waals surface area contributed by atoms with Crippen molar-refractivity contribution in [1.29, 1.82) is 0 Å². The summed E-state index contributed by atoms with van der Waals surface area (Å²) in [5.74, 6) is 0. The summed E-state index contributed by atoms with van der Waals surface area (Å²) < 4.78 is 13.8. The van der Waals surface area contributed by atoms with Crippen molar-refractivity contribution in [3.05, 3.63) is 30.6 Å². The first-order chi connectivity index (χ1) is 10.7. The third kappa shape index (κ3) is 3.42. The van der Waals surface area contributed by atoms with Gasteiger partial charge in [0.25, 0.3) is 0 Å². The Hall–Kier alpha value is -1.17. The maximum atomic E-state index is 6.07. The Bertz CT molecular complexity index is 502. The molecule has 0 N–H and O–H groups in total. The second kappa shape index (κ2) is 6.94. The molecular weight excluding hydrogens is 278 g/mol. The fourth-order valence-corrected chi connectivity index (χ4v) is 3.89. The van der Waals surface area contributed by atoms with Gasteiger partial charge in [0.15, 0.2) is 0 Å². The van der Waals surface area contributed by atoms with Crippen LogP contribution < -0.4 is 0 Å². The minimum atomic E-state index is 0.141. The molecule has 122 valence electrons. The molecule has 0 spiro atoms. The third-order valence-electron chi connectivity index (χ3n) is 4.86. The van der Waals surface area contributed by atoms with E-state index in [9.17, 15) is 0 Å².